The molecule has 184 valence electrons. The first-order chi connectivity index (χ1) is 15.0. The van der Waals surface area contributed by atoms with E-state index in [1.54, 1.807) is 0 Å². The van der Waals surface area contributed by atoms with Crippen molar-refractivity contribution in [3.05, 3.63) is 59.7 Å². The molecule has 0 amide bonds. The van der Waals surface area contributed by atoms with Gasteiger partial charge < -0.3 is 5.11 Å². The van der Waals surface area contributed by atoms with Gasteiger partial charge in [0, 0.05) is 0 Å². The zero-order valence-electron chi connectivity index (χ0n) is 22.8. The molecule has 2 nitrogen and oxygen atoms in total. The minimum absolute atomic E-state index is 0.0750. The number of hydrogen-bond acceptors (Lipinski definition) is 1. The van der Waals surface area contributed by atoms with E-state index in [1.165, 1.54) is 5.56 Å². The van der Waals surface area contributed by atoms with Crippen molar-refractivity contribution >= 4 is 5.97 Å². The van der Waals surface area contributed by atoms with Gasteiger partial charge in [0.25, 0.3) is 0 Å². The predicted octanol–water partition coefficient (Wildman–Crippen LogP) is 8.90. The van der Waals surface area contributed by atoms with Crippen LogP contribution in [0.2, 0.25) is 0 Å². The second kappa shape index (κ2) is 9.80. The number of allylic oxidation sites excluding steroid dienone is 2. The lowest BCUT2D eigenvalue weighted by Crippen LogP contribution is -2.43. The molecule has 0 saturated heterocycles. The highest BCUT2D eigenvalue weighted by atomic mass is 16.4. The lowest BCUT2D eigenvalue weighted by molar-refractivity contribution is -0.132. The maximum Gasteiger partial charge on any atom is 0.335 e. The molecule has 1 aromatic rings. The Morgan fingerprint density at radius 2 is 1.52 bits per heavy atom. The van der Waals surface area contributed by atoms with Gasteiger partial charge in [0.1, 0.15) is 0 Å². The van der Waals surface area contributed by atoms with Crippen molar-refractivity contribution in [1.29, 1.82) is 0 Å². The lowest BCUT2D eigenvalue weighted by atomic mass is 9.52. The molecule has 0 spiro atoms. The van der Waals surface area contributed by atoms with Gasteiger partial charge in [-0.15, -0.1) is 0 Å². The van der Waals surface area contributed by atoms with Crippen LogP contribution in [0.4, 0.5) is 0 Å². The summed E-state index contributed by atoms with van der Waals surface area (Å²) in [5, 5.41) is 9.36. The second-order valence-electron chi connectivity index (χ2n) is 13.7. The molecule has 3 unspecified atom stereocenters. The van der Waals surface area contributed by atoms with Gasteiger partial charge in [0.2, 0.25) is 0 Å². The van der Waals surface area contributed by atoms with E-state index < -0.39 is 5.97 Å². The maximum atomic E-state index is 11.4. The van der Waals surface area contributed by atoms with Crippen LogP contribution in [0.1, 0.15) is 100.0 Å². The highest BCUT2D eigenvalue weighted by Crippen LogP contribution is 2.57. The van der Waals surface area contributed by atoms with Crippen LogP contribution in [0, 0.1) is 33.5 Å². The monoisotopic (exact) mass is 452 g/mol. The highest BCUT2D eigenvalue weighted by molar-refractivity contribution is 5.90. The average Bonchev–Trinajstić information content (AvgIpc) is 2.69. The molecule has 0 aromatic heterocycles. The Kier molecular flexibility index (Phi) is 8.14. The topological polar surface area (TPSA) is 37.3 Å². The molecule has 2 rings (SSSR count). The van der Waals surface area contributed by atoms with E-state index in [0.29, 0.717) is 23.3 Å². The van der Waals surface area contributed by atoms with Crippen molar-refractivity contribution < 1.29 is 9.90 Å². The first kappa shape index (κ1) is 27.4. The molecule has 0 aliphatic heterocycles. The quantitative estimate of drug-likeness (QED) is 0.427. The summed E-state index contributed by atoms with van der Waals surface area (Å²) in [6.45, 7) is 23.9. The van der Waals surface area contributed by atoms with Crippen molar-refractivity contribution in [1.82, 2.24) is 0 Å². The molecule has 33 heavy (non-hydrogen) atoms. The smallest absolute Gasteiger partial charge is 0.335 e. The number of benzene rings is 1. The molecule has 2 heteroatoms. The second-order valence-corrected chi connectivity index (χ2v) is 13.7. The SMILES string of the molecule is CC(C)(C)CC(c1ccccc1)C(C)(C)C(C)(C)CC(C1C=CC(C(=O)O)=CC1)C(C)(C)C. The van der Waals surface area contributed by atoms with E-state index in [2.05, 4.69) is 106 Å². The fraction of sp³-hybridized carbons (Fsp3) is 0.645. The number of aliphatic carboxylic acids is 1. The Labute approximate surface area is 203 Å². The summed E-state index contributed by atoms with van der Waals surface area (Å²) in [7, 11) is 0. The third kappa shape index (κ3) is 6.84. The molecule has 1 aliphatic carbocycles. The van der Waals surface area contributed by atoms with Crippen molar-refractivity contribution in [3.8, 4) is 0 Å². The summed E-state index contributed by atoms with van der Waals surface area (Å²) in [5.74, 6) is 0.447. The van der Waals surface area contributed by atoms with Gasteiger partial charge in [0.05, 0.1) is 5.57 Å². The molecule has 0 fully saturated rings. The minimum atomic E-state index is -0.827. The van der Waals surface area contributed by atoms with Gasteiger partial charge in [-0.2, -0.15) is 0 Å². The molecule has 0 bridgehead atoms. The predicted molar refractivity (Wildman–Crippen MR) is 141 cm³/mol. The van der Waals surface area contributed by atoms with E-state index >= 15 is 0 Å². The minimum Gasteiger partial charge on any atom is -0.478 e. The summed E-state index contributed by atoms with van der Waals surface area (Å²) in [6.07, 6.45) is 8.94. The van der Waals surface area contributed by atoms with Gasteiger partial charge >= 0.3 is 5.97 Å². The van der Waals surface area contributed by atoms with Crippen molar-refractivity contribution in [2.45, 2.75) is 94.4 Å². The highest BCUT2D eigenvalue weighted by Gasteiger charge is 2.47. The van der Waals surface area contributed by atoms with Crippen LogP contribution in [-0.2, 0) is 4.79 Å². The van der Waals surface area contributed by atoms with Gasteiger partial charge in [-0.1, -0.05) is 118 Å². The molecule has 1 N–H and O–H groups in total. The molecule has 0 heterocycles. The average molecular weight is 453 g/mol. The molecule has 1 aromatic carbocycles. The van der Waals surface area contributed by atoms with Gasteiger partial charge in [-0.05, 0) is 64.2 Å². The van der Waals surface area contributed by atoms with Crippen LogP contribution in [0.5, 0.6) is 0 Å². The third-order valence-corrected chi connectivity index (χ3v) is 8.37. The largest absolute Gasteiger partial charge is 0.478 e. The van der Waals surface area contributed by atoms with E-state index in [0.717, 1.165) is 19.3 Å². The van der Waals surface area contributed by atoms with Crippen LogP contribution >= 0.6 is 0 Å². The Hall–Kier alpha value is -1.83. The van der Waals surface area contributed by atoms with E-state index in [9.17, 15) is 9.90 Å². The van der Waals surface area contributed by atoms with Crippen molar-refractivity contribution in [3.63, 3.8) is 0 Å². The van der Waals surface area contributed by atoms with E-state index in [-0.39, 0.29) is 21.7 Å². The maximum absolute atomic E-state index is 11.4. The molecule has 0 radical (unpaired) electrons. The third-order valence-electron chi connectivity index (χ3n) is 8.37. The first-order valence-electron chi connectivity index (χ1n) is 12.6. The molecule has 1 aliphatic rings. The first-order valence-corrected chi connectivity index (χ1v) is 12.6. The number of carboxylic acid groups (broad SMARTS) is 1. The fourth-order valence-electron chi connectivity index (χ4n) is 5.57. The van der Waals surface area contributed by atoms with E-state index in [4.69, 9.17) is 0 Å². The Bertz CT molecular complexity index is 856. The van der Waals surface area contributed by atoms with Gasteiger partial charge in [-0.3, -0.25) is 0 Å². The number of rotatable bonds is 8. The summed E-state index contributed by atoms with van der Waals surface area (Å²) in [4.78, 5) is 11.4. The Morgan fingerprint density at radius 3 is 1.94 bits per heavy atom. The number of carboxylic acids is 1. The van der Waals surface area contributed by atoms with Crippen LogP contribution in [-0.4, -0.2) is 11.1 Å². The van der Waals surface area contributed by atoms with Gasteiger partial charge in [0.15, 0.2) is 0 Å². The number of hydrogen-bond donors (Lipinski definition) is 1. The lowest BCUT2D eigenvalue weighted by Gasteiger charge is -2.52. The zero-order chi connectivity index (χ0) is 25.2. The normalized spacial score (nSPS) is 19.7. The number of carbonyl (C=O) groups is 1. The summed E-state index contributed by atoms with van der Waals surface area (Å²) < 4.78 is 0. The standard InChI is InChI=1S/C31H48O2/c1-28(2,3)20-26(22-14-12-11-13-15-22)31(9,10)30(7,8)21-25(29(4,5)6)23-16-18-24(19-17-23)27(32)33/h11-16,18-19,23,25-26H,17,20-21H2,1-10H3,(H,32,33). The molecule has 0 saturated carbocycles. The Morgan fingerprint density at radius 1 is 0.939 bits per heavy atom. The summed E-state index contributed by atoms with van der Waals surface area (Å²) >= 11 is 0. The fourth-order valence-corrected chi connectivity index (χ4v) is 5.57. The van der Waals surface area contributed by atoms with E-state index in [1.807, 2.05) is 12.2 Å². The summed E-state index contributed by atoms with van der Waals surface area (Å²) in [5.41, 5.74) is 2.38. The summed E-state index contributed by atoms with van der Waals surface area (Å²) in [6, 6.07) is 11.1. The van der Waals surface area contributed by atoms with Crippen LogP contribution in [0.25, 0.3) is 0 Å². The molecular formula is C31H48O2. The van der Waals surface area contributed by atoms with Crippen LogP contribution in [0.15, 0.2) is 54.1 Å². The van der Waals surface area contributed by atoms with Crippen LogP contribution in [0.3, 0.4) is 0 Å². The zero-order valence-corrected chi connectivity index (χ0v) is 22.8. The van der Waals surface area contributed by atoms with Crippen molar-refractivity contribution in [2.75, 3.05) is 0 Å². The Balaban J connectivity index is 2.40. The van der Waals surface area contributed by atoms with Crippen LogP contribution < -0.4 is 0 Å². The van der Waals surface area contributed by atoms with Crippen molar-refractivity contribution in [2.24, 2.45) is 33.5 Å². The molecule has 3 atom stereocenters. The molecular weight excluding hydrogens is 404 g/mol. The van der Waals surface area contributed by atoms with Gasteiger partial charge in [-0.25, -0.2) is 4.79 Å².